The summed E-state index contributed by atoms with van der Waals surface area (Å²) in [6, 6.07) is 0. The third kappa shape index (κ3) is 4.91. The monoisotopic (exact) mass is 171 g/mol. The van der Waals surface area contributed by atoms with Gasteiger partial charge < -0.3 is 4.74 Å². The molecule has 0 atom stereocenters. The van der Waals surface area contributed by atoms with Crippen LogP contribution < -0.4 is 0 Å². The van der Waals surface area contributed by atoms with E-state index in [1.54, 1.807) is 4.90 Å². The van der Waals surface area contributed by atoms with E-state index < -0.39 is 0 Å². The van der Waals surface area contributed by atoms with E-state index in [0.717, 1.165) is 6.42 Å². The zero-order valence-corrected chi connectivity index (χ0v) is 8.09. The summed E-state index contributed by atoms with van der Waals surface area (Å²) in [5.74, 6) is -0.287. The fourth-order valence-electron chi connectivity index (χ4n) is 0.694. The molecule has 0 aliphatic heterocycles. The molecule has 0 aromatic rings. The molecule has 0 aliphatic rings. The molecule has 0 aromatic heterocycles. The lowest BCUT2D eigenvalue weighted by molar-refractivity contribution is -0.142. The van der Waals surface area contributed by atoms with Gasteiger partial charge in [-0.15, -0.1) is 0 Å². The van der Waals surface area contributed by atoms with E-state index in [0.29, 0.717) is 18.7 Å². The minimum atomic E-state index is -0.287. The zero-order valence-electron chi connectivity index (χ0n) is 8.09. The first-order valence-corrected chi connectivity index (χ1v) is 4.07. The fraction of sp³-hybridized carbons (Fsp3) is 0.667. The molecule has 0 fully saturated rings. The first-order chi connectivity index (χ1) is 5.57. The molecule has 70 valence electrons. The normalized spacial score (nSPS) is 10.0. The fourth-order valence-corrected chi connectivity index (χ4v) is 0.694. The first kappa shape index (κ1) is 11.2. The molecule has 0 spiro atoms. The standard InChI is InChI=1S/C9H17NO2/c1-5-6-8(2)9(11)12-7-10(3)4/h2,5-7H2,1,3-4H3. The molecule has 0 rings (SSSR count). The number of hydrogen-bond acceptors (Lipinski definition) is 3. The highest BCUT2D eigenvalue weighted by molar-refractivity contribution is 5.87. The van der Waals surface area contributed by atoms with Gasteiger partial charge in [0.15, 0.2) is 0 Å². The summed E-state index contributed by atoms with van der Waals surface area (Å²) >= 11 is 0. The molecule has 0 saturated heterocycles. The van der Waals surface area contributed by atoms with Crippen molar-refractivity contribution in [3.8, 4) is 0 Å². The second kappa shape index (κ2) is 5.77. The molecule has 0 amide bonds. The van der Waals surface area contributed by atoms with Gasteiger partial charge >= 0.3 is 5.97 Å². The SMILES string of the molecule is C=C(CCC)C(=O)OCN(C)C. The molecular weight excluding hydrogens is 154 g/mol. The predicted octanol–water partition coefficient (Wildman–Crippen LogP) is 1.41. The van der Waals surface area contributed by atoms with Crippen LogP contribution >= 0.6 is 0 Å². The molecule has 0 bridgehead atoms. The molecule has 0 aliphatic carbocycles. The van der Waals surface area contributed by atoms with Crippen molar-refractivity contribution < 1.29 is 9.53 Å². The molecular formula is C9H17NO2. The van der Waals surface area contributed by atoms with Gasteiger partial charge in [-0.2, -0.15) is 0 Å². The lowest BCUT2D eigenvalue weighted by atomic mass is 10.2. The van der Waals surface area contributed by atoms with Crippen molar-refractivity contribution in [1.29, 1.82) is 0 Å². The van der Waals surface area contributed by atoms with E-state index in [-0.39, 0.29) is 5.97 Å². The van der Waals surface area contributed by atoms with Gasteiger partial charge in [-0.1, -0.05) is 19.9 Å². The van der Waals surface area contributed by atoms with Gasteiger partial charge in [0.05, 0.1) is 0 Å². The maximum absolute atomic E-state index is 11.1. The molecule has 3 heteroatoms. The van der Waals surface area contributed by atoms with E-state index in [2.05, 4.69) is 6.58 Å². The molecule has 12 heavy (non-hydrogen) atoms. The number of rotatable bonds is 5. The Morgan fingerprint density at radius 2 is 2.08 bits per heavy atom. The van der Waals surface area contributed by atoms with E-state index in [9.17, 15) is 4.79 Å². The Labute approximate surface area is 74.0 Å². The van der Waals surface area contributed by atoms with Crippen LogP contribution in [0.25, 0.3) is 0 Å². The van der Waals surface area contributed by atoms with E-state index in [1.165, 1.54) is 0 Å². The molecule has 0 heterocycles. The van der Waals surface area contributed by atoms with E-state index in [1.807, 2.05) is 21.0 Å². The Bertz CT molecular complexity index is 164. The number of nitrogens with zero attached hydrogens (tertiary/aromatic N) is 1. The lowest BCUT2D eigenvalue weighted by Gasteiger charge is -2.10. The van der Waals surface area contributed by atoms with Gasteiger partial charge in [0, 0.05) is 5.57 Å². The van der Waals surface area contributed by atoms with Gasteiger partial charge in [-0.3, -0.25) is 4.90 Å². The molecule has 0 saturated carbocycles. The number of carbonyl (C=O) groups is 1. The van der Waals surface area contributed by atoms with Gasteiger partial charge in [-0.05, 0) is 20.5 Å². The number of ether oxygens (including phenoxy) is 1. The van der Waals surface area contributed by atoms with Crippen molar-refractivity contribution in [2.75, 3.05) is 20.8 Å². The summed E-state index contributed by atoms with van der Waals surface area (Å²) in [5, 5.41) is 0. The highest BCUT2D eigenvalue weighted by Crippen LogP contribution is 2.03. The lowest BCUT2D eigenvalue weighted by Crippen LogP contribution is -2.20. The van der Waals surface area contributed by atoms with Crippen LogP contribution in [0.3, 0.4) is 0 Å². The van der Waals surface area contributed by atoms with Crippen molar-refractivity contribution in [2.45, 2.75) is 19.8 Å². The van der Waals surface area contributed by atoms with Crippen LogP contribution in [0.1, 0.15) is 19.8 Å². The van der Waals surface area contributed by atoms with Gasteiger partial charge in [0.2, 0.25) is 0 Å². The summed E-state index contributed by atoms with van der Waals surface area (Å²) in [5.41, 5.74) is 0.555. The van der Waals surface area contributed by atoms with E-state index in [4.69, 9.17) is 4.74 Å². The van der Waals surface area contributed by atoms with Crippen molar-refractivity contribution in [3.05, 3.63) is 12.2 Å². The highest BCUT2D eigenvalue weighted by atomic mass is 16.5. The van der Waals surface area contributed by atoms with Crippen molar-refractivity contribution >= 4 is 5.97 Å². The second-order valence-electron chi connectivity index (χ2n) is 2.99. The molecule has 3 nitrogen and oxygen atoms in total. The predicted molar refractivity (Wildman–Crippen MR) is 48.7 cm³/mol. The smallest absolute Gasteiger partial charge is 0.334 e. The van der Waals surface area contributed by atoms with Crippen LogP contribution in [-0.4, -0.2) is 31.7 Å². The summed E-state index contributed by atoms with van der Waals surface area (Å²) in [7, 11) is 3.69. The van der Waals surface area contributed by atoms with E-state index >= 15 is 0 Å². The third-order valence-corrected chi connectivity index (χ3v) is 1.29. The summed E-state index contributed by atoms with van der Waals surface area (Å²) in [6.07, 6.45) is 1.64. The summed E-state index contributed by atoms with van der Waals surface area (Å²) in [6.45, 7) is 5.95. The Hall–Kier alpha value is -0.830. The maximum Gasteiger partial charge on any atom is 0.334 e. The average molecular weight is 171 g/mol. The van der Waals surface area contributed by atoms with Gasteiger partial charge in [0.1, 0.15) is 6.73 Å². The Morgan fingerprint density at radius 3 is 2.50 bits per heavy atom. The second-order valence-corrected chi connectivity index (χ2v) is 2.99. The van der Waals surface area contributed by atoms with Crippen LogP contribution in [0.15, 0.2) is 12.2 Å². The van der Waals surface area contributed by atoms with Crippen LogP contribution in [0.5, 0.6) is 0 Å². The third-order valence-electron chi connectivity index (χ3n) is 1.29. The molecule has 0 radical (unpaired) electrons. The van der Waals surface area contributed by atoms with Crippen LogP contribution in [0, 0.1) is 0 Å². The minimum absolute atomic E-state index is 0.287. The zero-order chi connectivity index (χ0) is 9.56. The number of hydrogen-bond donors (Lipinski definition) is 0. The van der Waals surface area contributed by atoms with Crippen LogP contribution in [0.4, 0.5) is 0 Å². The van der Waals surface area contributed by atoms with Crippen LogP contribution in [-0.2, 0) is 9.53 Å². The van der Waals surface area contributed by atoms with Crippen molar-refractivity contribution in [1.82, 2.24) is 4.90 Å². The quantitative estimate of drug-likeness (QED) is 0.356. The summed E-state index contributed by atoms with van der Waals surface area (Å²) < 4.78 is 4.91. The van der Waals surface area contributed by atoms with Crippen LogP contribution in [0.2, 0.25) is 0 Å². The number of esters is 1. The topological polar surface area (TPSA) is 29.5 Å². The first-order valence-electron chi connectivity index (χ1n) is 4.07. The van der Waals surface area contributed by atoms with Crippen molar-refractivity contribution in [3.63, 3.8) is 0 Å². The molecule has 0 N–H and O–H groups in total. The Morgan fingerprint density at radius 1 is 1.50 bits per heavy atom. The van der Waals surface area contributed by atoms with Gasteiger partial charge in [0.25, 0.3) is 0 Å². The van der Waals surface area contributed by atoms with Crippen molar-refractivity contribution in [2.24, 2.45) is 0 Å². The minimum Gasteiger partial charge on any atom is -0.446 e. The Kier molecular flexibility index (Phi) is 5.37. The highest BCUT2D eigenvalue weighted by Gasteiger charge is 2.06. The maximum atomic E-state index is 11.1. The average Bonchev–Trinajstić information content (AvgIpc) is 2.00. The Balaban J connectivity index is 3.65. The largest absolute Gasteiger partial charge is 0.446 e. The summed E-state index contributed by atoms with van der Waals surface area (Å²) in [4.78, 5) is 12.9. The number of carbonyl (C=O) groups excluding carboxylic acids is 1. The molecule has 0 aromatic carbocycles. The molecule has 0 unspecified atom stereocenters. The van der Waals surface area contributed by atoms with Gasteiger partial charge in [-0.25, -0.2) is 4.79 Å².